The van der Waals surface area contributed by atoms with Crippen LogP contribution in [0.3, 0.4) is 0 Å². The Morgan fingerprint density at radius 1 is 1.33 bits per heavy atom. The number of rotatable bonds is 8. The molecule has 0 saturated carbocycles. The van der Waals surface area contributed by atoms with Crippen molar-refractivity contribution >= 4 is 11.6 Å². The van der Waals surface area contributed by atoms with E-state index in [1.165, 1.54) is 0 Å². The Hall–Kier alpha value is -1.90. The summed E-state index contributed by atoms with van der Waals surface area (Å²) in [6.45, 7) is 6.17. The minimum absolute atomic E-state index is 0.0312. The molecule has 0 aliphatic carbocycles. The molecule has 0 fully saturated rings. The SMILES string of the molecule is CC(C)OCCN(C)CCC(=O)Nc1ccc(C#N)cc1. The van der Waals surface area contributed by atoms with Gasteiger partial charge in [0.05, 0.1) is 24.3 Å². The van der Waals surface area contributed by atoms with E-state index in [1.807, 2.05) is 27.0 Å². The summed E-state index contributed by atoms with van der Waals surface area (Å²) < 4.78 is 5.47. The zero-order valence-corrected chi connectivity index (χ0v) is 12.9. The number of anilines is 1. The smallest absolute Gasteiger partial charge is 0.225 e. The molecular formula is C16H23N3O2. The van der Waals surface area contributed by atoms with Crippen molar-refractivity contribution in [3.8, 4) is 6.07 Å². The monoisotopic (exact) mass is 289 g/mol. The lowest BCUT2D eigenvalue weighted by molar-refractivity contribution is -0.116. The number of carbonyl (C=O) groups excluding carboxylic acids is 1. The average molecular weight is 289 g/mol. The minimum Gasteiger partial charge on any atom is -0.377 e. The quantitative estimate of drug-likeness (QED) is 0.797. The summed E-state index contributed by atoms with van der Waals surface area (Å²) in [4.78, 5) is 13.9. The zero-order valence-electron chi connectivity index (χ0n) is 12.9. The maximum absolute atomic E-state index is 11.8. The first kappa shape index (κ1) is 17.2. The Bertz CT molecular complexity index is 477. The molecule has 0 aliphatic rings. The van der Waals surface area contributed by atoms with Crippen LogP contribution in [0.25, 0.3) is 0 Å². The van der Waals surface area contributed by atoms with Gasteiger partial charge in [0.1, 0.15) is 0 Å². The second-order valence-electron chi connectivity index (χ2n) is 5.21. The molecule has 5 heteroatoms. The van der Waals surface area contributed by atoms with Crippen LogP contribution in [0.5, 0.6) is 0 Å². The predicted octanol–water partition coefficient (Wildman–Crippen LogP) is 2.24. The summed E-state index contributed by atoms with van der Waals surface area (Å²) in [6.07, 6.45) is 0.663. The van der Waals surface area contributed by atoms with Crippen LogP contribution in [0.15, 0.2) is 24.3 Å². The van der Waals surface area contributed by atoms with Gasteiger partial charge in [0, 0.05) is 25.2 Å². The van der Waals surface area contributed by atoms with E-state index in [2.05, 4.69) is 10.2 Å². The van der Waals surface area contributed by atoms with Crippen LogP contribution in [-0.2, 0) is 9.53 Å². The van der Waals surface area contributed by atoms with E-state index >= 15 is 0 Å². The van der Waals surface area contributed by atoms with Gasteiger partial charge in [0.25, 0.3) is 0 Å². The number of hydrogen-bond acceptors (Lipinski definition) is 4. The minimum atomic E-state index is -0.0312. The molecule has 0 bridgehead atoms. The Labute approximate surface area is 126 Å². The largest absolute Gasteiger partial charge is 0.377 e. The van der Waals surface area contributed by atoms with Crippen molar-refractivity contribution in [3.05, 3.63) is 29.8 Å². The van der Waals surface area contributed by atoms with Gasteiger partial charge < -0.3 is 15.0 Å². The molecule has 1 aromatic carbocycles. The summed E-state index contributed by atoms with van der Waals surface area (Å²) in [6, 6.07) is 8.88. The number of nitriles is 1. The Kier molecular flexibility index (Phi) is 7.44. The number of ether oxygens (including phenoxy) is 1. The van der Waals surface area contributed by atoms with Gasteiger partial charge in [-0.15, -0.1) is 0 Å². The lowest BCUT2D eigenvalue weighted by Gasteiger charge is -2.17. The van der Waals surface area contributed by atoms with Gasteiger partial charge in [-0.25, -0.2) is 0 Å². The van der Waals surface area contributed by atoms with Crippen molar-refractivity contribution in [2.75, 3.05) is 32.1 Å². The van der Waals surface area contributed by atoms with Gasteiger partial charge in [-0.3, -0.25) is 4.79 Å². The summed E-state index contributed by atoms with van der Waals surface area (Å²) in [5, 5.41) is 11.5. The number of amides is 1. The van der Waals surface area contributed by atoms with Gasteiger partial charge in [-0.05, 0) is 45.2 Å². The molecule has 0 aromatic heterocycles. The second kappa shape index (κ2) is 9.11. The van der Waals surface area contributed by atoms with Crippen molar-refractivity contribution in [2.24, 2.45) is 0 Å². The number of nitrogens with zero attached hydrogens (tertiary/aromatic N) is 2. The van der Waals surface area contributed by atoms with Gasteiger partial charge in [0.15, 0.2) is 0 Å². The molecule has 0 radical (unpaired) electrons. The second-order valence-corrected chi connectivity index (χ2v) is 5.21. The summed E-state index contributed by atoms with van der Waals surface area (Å²) in [5.41, 5.74) is 1.29. The molecule has 0 heterocycles. The van der Waals surface area contributed by atoms with E-state index in [0.29, 0.717) is 30.8 Å². The van der Waals surface area contributed by atoms with E-state index in [0.717, 1.165) is 6.54 Å². The van der Waals surface area contributed by atoms with Gasteiger partial charge >= 0.3 is 0 Å². The van der Waals surface area contributed by atoms with Crippen LogP contribution in [0.2, 0.25) is 0 Å². The topological polar surface area (TPSA) is 65.4 Å². The van der Waals surface area contributed by atoms with Crippen molar-refractivity contribution in [1.82, 2.24) is 4.90 Å². The van der Waals surface area contributed by atoms with Crippen LogP contribution >= 0.6 is 0 Å². The number of nitrogens with one attached hydrogen (secondary N) is 1. The maximum Gasteiger partial charge on any atom is 0.225 e. The van der Waals surface area contributed by atoms with Crippen LogP contribution in [0.4, 0.5) is 5.69 Å². The van der Waals surface area contributed by atoms with Gasteiger partial charge in [-0.2, -0.15) is 5.26 Å². The lowest BCUT2D eigenvalue weighted by atomic mass is 10.2. The fourth-order valence-corrected chi connectivity index (χ4v) is 1.70. The van der Waals surface area contributed by atoms with Gasteiger partial charge in [0.2, 0.25) is 5.91 Å². The normalized spacial score (nSPS) is 10.7. The van der Waals surface area contributed by atoms with E-state index in [1.54, 1.807) is 24.3 Å². The molecule has 0 aliphatic heterocycles. The van der Waals surface area contributed by atoms with E-state index in [9.17, 15) is 4.79 Å². The Balaban J connectivity index is 2.25. The first-order valence-electron chi connectivity index (χ1n) is 7.11. The molecule has 114 valence electrons. The Morgan fingerprint density at radius 2 is 2.00 bits per heavy atom. The molecule has 1 amide bonds. The first-order valence-corrected chi connectivity index (χ1v) is 7.11. The molecule has 1 aromatic rings. The van der Waals surface area contributed by atoms with Crippen LogP contribution in [0.1, 0.15) is 25.8 Å². The highest BCUT2D eigenvalue weighted by Gasteiger charge is 2.05. The molecular weight excluding hydrogens is 266 g/mol. The highest BCUT2D eigenvalue weighted by molar-refractivity contribution is 5.90. The number of likely N-dealkylation sites (N-methyl/N-ethyl adjacent to an activating group) is 1. The van der Waals surface area contributed by atoms with E-state index < -0.39 is 0 Å². The fraction of sp³-hybridized carbons (Fsp3) is 0.500. The standard InChI is InChI=1S/C16H23N3O2/c1-13(2)21-11-10-19(3)9-8-16(20)18-15-6-4-14(12-17)5-7-15/h4-7,13H,8-11H2,1-3H3,(H,18,20). The molecule has 0 atom stereocenters. The highest BCUT2D eigenvalue weighted by atomic mass is 16.5. The van der Waals surface area contributed by atoms with Crippen LogP contribution in [-0.4, -0.2) is 43.7 Å². The first-order chi connectivity index (χ1) is 10.0. The van der Waals surface area contributed by atoms with Crippen molar-refractivity contribution in [1.29, 1.82) is 5.26 Å². The van der Waals surface area contributed by atoms with Crippen LogP contribution < -0.4 is 5.32 Å². The lowest BCUT2D eigenvalue weighted by Crippen LogP contribution is -2.28. The number of benzene rings is 1. The molecule has 0 spiro atoms. The molecule has 0 saturated heterocycles. The van der Waals surface area contributed by atoms with Gasteiger partial charge in [-0.1, -0.05) is 0 Å². The van der Waals surface area contributed by atoms with E-state index in [-0.39, 0.29) is 12.0 Å². The van der Waals surface area contributed by atoms with Crippen molar-refractivity contribution in [2.45, 2.75) is 26.4 Å². The summed E-state index contributed by atoms with van der Waals surface area (Å²) in [5.74, 6) is -0.0312. The maximum atomic E-state index is 11.8. The third kappa shape index (κ3) is 7.45. The molecule has 1 N–H and O–H groups in total. The fourth-order valence-electron chi connectivity index (χ4n) is 1.70. The summed E-state index contributed by atoms with van der Waals surface area (Å²) >= 11 is 0. The summed E-state index contributed by atoms with van der Waals surface area (Å²) in [7, 11) is 1.97. The molecule has 0 unspecified atom stereocenters. The van der Waals surface area contributed by atoms with Crippen molar-refractivity contribution in [3.63, 3.8) is 0 Å². The molecule has 1 rings (SSSR count). The highest BCUT2D eigenvalue weighted by Crippen LogP contribution is 2.09. The van der Waals surface area contributed by atoms with Crippen molar-refractivity contribution < 1.29 is 9.53 Å². The zero-order chi connectivity index (χ0) is 15.7. The van der Waals surface area contributed by atoms with E-state index in [4.69, 9.17) is 10.00 Å². The number of hydrogen-bond donors (Lipinski definition) is 1. The predicted molar refractivity (Wildman–Crippen MR) is 83.0 cm³/mol. The third-order valence-electron chi connectivity index (χ3n) is 2.94. The molecule has 21 heavy (non-hydrogen) atoms. The molecule has 5 nitrogen and oxygen atoms in total. The average Bonchev–Trinajstić information content (AvgIpc) is 2.45. The number of carbonyl (C=O) groups is 1. The third-order valence-corrected chi connectivity index (χ3v) is 2.94. The van der Waals surface area contributed by atoms with Crippen LogP contribution in [0, 0.1) is 11.3 Å². The Morgan fingerprint density at radius 3 is 2.57 bits per heavy atom.